The summed E-state index contributed by atoms with van der Waals surface area (Å²) in [5, 5.41) is 15.0. The van der Waals surface area contributed by atoms with Gasteiger partial charge in [0.05, 0.1) is 11.7 Å². The zero-order valence-corrected chi connectivity index (χ0v) is 12.3. The van der Waals surface area contributed by atoms with Crippen LogP contribution < -0.4 is 0 Å². The summed E-state index contributed by atoms with van der Waals surface area (Å²) < 4.78 is 1.91. The Hall–Kier alpha value is -0.870. The van der Waals surface area contributed by atoms with Crippen molar-refractivity contribution < 1.29 is 5.11 Å². The summed E-state index contributed by atoms with van der Waals surface area (Å²) in [7, 11) is 4.07. The van der Waals surface area contributed by atoms with Gasteiger partial charge in [-0.2, -0.15) is 5.10 Å². The summed E-state index contributed by atoms with van der Waals surface area (Å²) in [6.45, 7) is 7.28. The van der Waals surface area contributed by atoms with E-state index in [1.54, 1.807) is 6.20 Å². The monoisotopic (exact) mass is 253 g/mol. The maximum absolute atomic E-state index is 10.7. The van der Waals surface area contributed by atoms with Crippen molar-refractivity contribution >= 4 is 0 Å². The van der Waals surface area contributed by atoms with Crippen LogP contribution in [0.3, 0.4) is 0 Å². The maximum Gasteiger partial charge on any atom is 0.100 e. The topological polar surface area (TPSA) is 41.3 Å². The molecule has 0 saturated carbocycles. The second-order valence-corrected chi connectivity index (χ2v) is 5.14. The van der Waals surface area contributed by atoms with Crippen molar-refractivity contribution in [1.29, 1.82) is 0 Å². The fourth-order valence-electron chi connectivity index (χ4n) is 2.70. The molecule has 1 atom stereocenters. The number of aromatic nitrogens is 2. The third-order valence-corrected chi connectivity index (χ3v) is 4.05. The molecule has 0 spiro atoms. The standard InChI is InChI=1S/C14H27N3O/c1-6-9-17-11-12(10-15-17)13(18)14(7-2,8-3)16(4)5/h10-11,13,18H,6-9H2,1-5H3. The lowest BCUT2D eigenvalue weighted by Gasteiger charge is -2.42. The van der Waals surface area contributed by atoms with Gasteiger partial charge in [0.2, 0.25) is 0 Å². The van der Waals surface area contributed by atoms with Crippen molar-refractivity contribution in [3.8, 4) is 0 Å². The van der Waals surface area contributed by atoms with Crippen LogP contribution >= 0.6 is 0 Å². The van der Waals surface area contributed by atoms with E-state index >= 15 is 0 Å². The highest BCUT2D eigenvalue weighted by molar-refractivity contribution is 5.15. The second-order valence-electron chi connectivity index (χ2n) is 5.14. The predicted molar refractivity (Wildman–Crippen MR) is 74.5 cm³/mol. The smallest absolute Gasteiger partial charge is 0.100 e. The van der Waals surface area contributed by atoms with E-state index in [0.717, 1.165) is 31.4 Å². The van der Waals surface area contributed by atoms with E-state index in [1.807, 2.05) is 25.0 Å². The summed E-state index contributed by atoms with van der Waals surface area (Å²) in [4.78, 5) is 2.13. The molecule has 4 nitrogen and oxygen atoms in total. The van der Waals surface area contributed by atoms with Gasteiger partial charge in [0.25, 0.3) is 0 Å². The van der Waals surface area contributed by atoms with E-state index < -0.39 is 6.10 Å². The molecule has 1 unspecified atom stereocenters. The van der Waals surface area contributed by atoms with E-state index in [0.29, 0.717) is 0 Å². The lowest BCUT2D eigenvalue weighted by molar-refractivity contribution is -0.0150. The molecule has 104 valence electrons. The molecule has 0 amide bonds. The Bertz CT molecular complexity index is 356. The summed E-state index contributed by atoms with van der Waals surface area (Å²) >= 11 is 0. The van der Waals surface area contributed by atoms with E-state index in [1.165, 1.54) is 0 Å². The van der Waals surface area contributed by atoms with Crippen molar-refractivity contribution in [3.05, 3.63) is 18.0 Å². The minimum Gasteiger partial charge on any atom is -0.386 e. The SMILES string of the molecule is CCCn1cc(C(O)C(CC)(CC)N(C)C)cn1. The van der Waals surface area contributed by atoms with Crippen LogP contribution in [0.4, 0.5) is 0 Å². The molecule has 1 N–H and O–H groups in total. The average Bonchev–Trinajstić information content (AvgIpc) is 2.80. The quantitative estimate of drug-likeness (QED) is 0.811. The highest BCUT2D eigenvalue weighted by Crippen LogP contribution is 2.35. The highest BCUT2D eigenvalue weighted by Gasteiger charge is 2.38. The van der Waals surface area contributed by atoms with Crippen LogP contribution in [0.1, 0.15) is 51.7 Å². The Morgan fingerprint density at radius 1 is 1.33 bits per heavy atom. The number of hydrogen-bond donors (Lipinski definition) is 1. The van der Waals surface area contributed by atoms with Gasteiger partial charge in [-0.3, -0.25) is 4.68 Å². The molecule has 18 heavy (non-hydrogen) atoms. The van der Waals surface area contributed by atoms with Gasteiger partial charge in [0.1, 0.15) is 6.10 Å². The normalized spacial score (nSPS) is 14.2. The first kappa shape index (κ1) is 15.2. The Labute approximate surface area is 111 Å². The van der Waals surface area contributed by atoms with E-state index in [4.69, 9.17) is 0 Å². The van der Waals surface area contributed by atoms with Gasteiger partial charge in [-0.1, -0.05) is 20.8 Å². The highest BCUT2D eigenvalue weighted by atomic mass is 16.3. The minimum absolute atomic E-state index is 0.208. The first-order valence-corrected chi connectivity index (χ1v) is 6.89. The van der Waals surface area contributed by atoms with Gasteiger partial charge in [-0.15, -0.1) is 0 Å². The molecule has 0 aliphatic rings. The fraction of sp³-hybridized carbons (Fsp3) is 0.786. The third-order valence-electron chi connectivity index (χ3n) is 4.05. The summed E-state index contributed by atoms with van der Waals surface area (Å²) in [6.07, 6.45) is 6.15. The number of aliphatic hydroxyl groups excluding tert-OH is 1. The van der Waals surface area contributed by atoms with Crippen LogP contribution in [0, 0.1) is 0 Å². The number of likely N-dealkylation sites (N-methyl/N-ethyl adjacent to an activating group) is 1. The summed E-state index contributed by atoms with van der Waals surface area (Å²) in [6, 6.07) is 0. The molecule has 1 aromatic heterocycles. The number of hydrogen-bond acceptors (Lipinski definition) is 3. The van der Waals surface area contributed by atoms with E-state index in [2.05, 4.69) is 30.8 Å². The first-order valence-electron chi connectivity index (χ1n) is 6.89. The van der Waals surface area contributed by atoms with Crippen LogP contribution in [-0.4, -0.2) is 39.4 Å². The van der Waals surface area contributed by atoms with Gasteiger partial charge in [0, 0.05) is 18.3 Å². The van der Waals surface area contributed by atoms with Crippen molar-refractivity contribution in [2.75, 3.05) is 14.1 Å². The summed E-state index contributed by atoms with van der Waals surface area (Å²) in [5.41, 5.74) is 0.709. The molecule has 0 aromatic carbocycles. The van der Waals surface area contributed by atoms with Crippen LogP contribution in [0.25, 0.3) is 0 Å². The van der Waals surface area contributed by atoms with Crippen molar-refractivity contribution in [2.45, 2.75) is 58.2 Å². The van der Waals surface area contributed by atoms with Crippen molar-refractivity contribution in [2.24, 2.45) is 0 Å². The molecule has 1 aromatic rings. The Morgan fingerprint density at radius 2 is 1.94 bits per heavy atom. The van der Waals surface area contributed by atoms with Crippen LogP contribution in [0.15, 0.2) is 12.4 Å². The van der Waals surface area contributed by atoms with Crippen LogP contribution in [-0.2, 0) is 6.54 Å². The molecule has 0 bridgehead atoms. The fourth-order valence-corrected chi connectivity index (χ4v) is 2.70. The average molecular weight is 253 g/mol. The Morgan fingerprint density at radius 3 is 2.39 bits per heavy atom. The van der Waals surface area contributed by atoms with Gasteiger partial charge < -0.3 is 10.0 Å². The van der Waals surface area contributed by atoms with Gasteiger partial charge in [-0.05, 0) is 33.4 Å². The first-order chi connectivity index (χ1) is 8.51. The third kappa shape index (κ3) is 2.75. The van der Waals surface area contributed by atoms with Crippen LogP contribution in [0.5, 0.6) is 0 Å². The molecule has 0 aliphatic heterocycles. The lowest BCUT2D eigenvalue weighted by atomic mass is 9.82. The molecule has 0 saturated heterocycles. The molecule has 1 rings (SSSR count). The number of aliphatic hydroxyl groups is 1. The number of aryl methyl sites for hydroxylation is 1. The van der Waals surface area contributed by atoms with Crippen LogP contribution in [0.2, 0.25) is 0 Å². The van der Waals surface area contributed by atoms with E-state index in [9.17, 15) is 5.11 Å². The van der Waals surface area contributed by atoms with Gasteiger partial charge in [-0.25, -0.2) is 0 Å². The number of nitrogens with zero attached hydrogens (tertiary/aromatic N) is 3. The molecular formula is C14H27N3O. The molecule has 4 heteroatoms. The zero-order valence-electron chi connectivity index (χ0n) is 12.3. The largest absolute Gasteiger partial charge is 0.386 e. The Kier molecular flexibility index (Phi) is 5.35. The summed E-state index contributed by atoms with van der Waals surface area (Å²) in [5.74, 6) is 0. The second kappa shape index (κ2) is 6.34. The van der Waals surface area contributed by atoms with Crippen molar-refractivity contribution in [1.82, 2.24) is 14.7 Å². The van der Waals surface area contributed by atoms with Gasteiger partial charge >= 0.3 is 0 Å². The number of rotatable bonds is 7. The molecule has 0 aliphatic carbocycles. The molecule has 1 heterocycles. The minimum atomic E-state index is -0.492. The maximum atomic E-state index is 10.7. The lowest BCUT2D eigenvalue weighted by Crippen LogP contribution is -2.48. The zero-order chi connectivity index (χ0) is 13.8. The molecule has 0 radical (unpaired) electrons. The van der Waals surface area contributed by atoms with E-state index in [-0.39, 0.29) is 5.54 Å². The molecule has 0 fully saturated rings. The van der Waals surface area contributed by atoms with Crippen molar-refractivity contribution in [3.63, 3.8) is 0 Å². The predicted octanol–water partition coefficient (Wildman–Crippen LogP) is 2.45. The van der Waals surface area contributed by atoms with Gasteiger partial charge in [0.15, 0.2) is 0 Å². The Balaban J connectivity index is 2.98. The molecular weight excluding hydrogens is 226 g/mol.